The second kappa shape index (κ2) is 14.1. The Morgan fingerprint density at radius 1 is 1.00 bits per heavy atom. The van der Waals surface area contributed by atoms with E-state index >= 15 is 0 Å². The summed E-state index contributed by atoms with van der Waals surface area (Å²) in [6.07, 6.45) is 5.99. The highest BCUT2D eigenvalue weighted by atomic mass is 35.5. The zero-order valence-electron chi connectivity index (χ0n) is 23.4. The maximum Gasteiger partial charge on any atom is 0.263 e. The number of amides is 1. The smallest absolute Gasteiger partial charge is 0.263 e. The molecule has 1 amide bonds. The summed E-state index contributed by atoms with van der Waals surface area (Å²) in [4.78, 5) is 15.7. The van der Waals surface area contributed by atoms with Crippen molar-refractivity contribution in [3.8, 4) is 0 Å². The molecule has 9 heteroatoms. The van der Waals surface area contributed by atoms with Crippen molar-refractivity contribution < 1.29 is 13.2 Å². The molecule has 1 aliphatic heterocycles. The number of nitrogens with zero attached hydrogens (tertiary/aromatic N) is 1. The van der Waals surface area contributed by atoms with Crippen molar-refractivity contribution in [2.24, 2.45) is 0 Å². The van der Waals surface area contributed by atoms with E-state index in [1.807, 2.05) is 35.2 Å². The van der Waals surface area contributed by atoms with Crippen LogP contribution in [0.1, 0.15) is 61.4 Å². The van der Waals surface area contributed by atoms with E-state index in [0.29, 0.717) is 31.0 Å². The Morgan fingerprint density at radius 3 is 2.29 bits per heavy atom. The second-order valence-corrected chi connectivity index (χ2v) is 12.7. The predicted octanol–water partition coefficient (Wildman–Crippen LogP) is 6.46. The summed E-state index contributed by atoms with van der Waals surface area (Å²) < 4.78 is 27.9. The first kappa shape index (κ1) is 30.8. The van der Waals surface area contributed by atoms with E-state index in [1.165, 1.54) is 5.56 Å². The van der Waals surface area contributed by atoms with E-state index in [1.54, 1.807) is 24.3 Å². The molecule has 0 saturated carbocycles. The third-order valence-electron chi connectivity index (χ3n) is 7.23. The Kier molecular flexibility index (Phi) is 10.6. The van der Waals surface area contributed by atoms with Gasteiger partial charge < -0.3 is 10.2 Å². The molecule has 0 radical (unpaired) electrons. The fourth-order valence-corrected chi connectivity index (χ4v) is 6.31. The molecule has 0 spiro atoms. The highest BCUT2D eigenvalue weighted by molar-refractivity contribution is 7.91. The number of unbranched alkanes of at least 4 members (excludes halogenated alkanes) is 1. The van der Waals surface area contributed by atoms with Crippen LogP contribution in [0.4, 0.5) is 0 Å². The van der Waals surface area contributed by atoms with Gasteiger partial charge in [-0.15, -0.1) is 0 Å². The van der Waals surface area contributed by atoms with Gasteiger partial charge in [-0.05, 0) is 84.1 Å². The first-order chi connectivity index (χ1) is 19.7. The lowest BCUT2D eigenvalue weighted by Gasteiger charge is -2.25. The van der Waals surface area contributed by atoms with E-state index in [-0.39, 0.29) is 22.0 Å². The number of carbonyl (C=O) groups is 1. The standard InChI is InChI=1S/C32H36ClN3O3S2/c1-3-5-19-34-32(40)35-41(38,39)29-16-10-24(11-17-29)18-20-36-30(26-12-6-23(4-2)7-13-26)22-27(31(36)37)21-25-8-14-28(33)15-9-25/h6-17,21,30H,3-5,18-20,22H2,1-2H3,(H2,34,35,40)/b27-21+. The van der Waals surface area contributed by atoms with Gasteiger partial charge in [0.15, 0.2) is 5.11 Å². The van der Waals surface area contributed by atoms with E-state index in [2.05, 4.69) is 48.2 Å². The number of carbonyl (C=O) groups excluding carboxylic acids is 1. The third kappa shape index (κ3) is 8.18. The number of halogens is 1. The van der Waals surface area contributed by atoms with Gasteiger partial charge >= 0.3 is 0 Å². The normalized spacial score (nSPS) is 16.3. The Balaban J connectivity index is 1.48. The lowest BCUT2D eigenvalue weighted by molar-refractivity contribution is -0.126. The molecule has 0 bridgehead atoms. The van der Waals surface area contributed by atoms with Gasteiger partial charge in [-0.3, -0.25) is 9.52 Å². The van der Waals surface area contributed by atoms with E-state index < -0.39 is 10.0 Å². The molecule has 1 aliphatic rings. The summed E-state index contributed by atoms with van der Waals surface area (Å²) in [7, 11) is -3.78. The monoisotopic (exact) mass is 609 g/mol. The van der Waals surface area contributed by atoms with Crippen molar-refractivity contribution in [1.82, 2.24) is 14.9 Å². The SMILES string of the molecule is CCCCNC(=S)NS(=O)(=O)c1ccc(CCN2C(=O)/C(=C/c3ccc(Cl)cc3)CC2c2ccc(CC)cc2)cc1. The van der Waals surface area contributed by atoms with Crippen molar-refractivity contribution in [2.75, 3.05) is 13.1 Å². The number of thiocarbonyl (C=S) groups is 1. The molecular weight excluding hydrogens is 574 g/mol. The Labute approximate surface area is 253 Å². The number of hydrogen-bond acceptors (Lipinski definition) is 4. The van der Waals surface area contributed by atoms with Crippen molar-refractivity contribution in [1.29, 1.82) is 0 Å². The first-order valence-corrected chi connectivity index (χ1v) is 16.2. The van der Waals surface area contributed by atoms with Crippen LogP contribution in [0.15, 0.2) is 83.3 Å². The molecule has 1 unspecified atom stereocenters. The Hall–Kier alpha value is -3.20. The molecule has 1 fully saturated rings. The van der Waals surface area contributed by atoms with Crippen LogP contribution in [-0.2, 0) is 27.7 Å². The van der Waals surface area contributed by atoms with Gasteiger partial charge in [0.1, 0.15) is 0 Å². The summed E-state index contributed by atoms with van der Waals surface area (Å²) in [6.45, 7) is 5.30. The van der Waals surface area contributed by atoms with Crippen LogP contribution in [0, 0.1) is 0 Å². The minimum absolute atomic E-state index is 0.0111. The average molecular weight is 610 g/mol. The number of nitrogens with one attached hydrogen (secondary N) is 2. The van der Waals surface area contributed by atoms with Gasteiger partial charge in [0.25, 0.3) is 10.0 Å². The van der Waals surface area contributed by atoms with Gasteiger partial charge in [0, 0.05) is 30.1 Å². The van der Waals surface area contributed by atoms with Crippen LogP contribution in [-0.4, -0.2) is 37.4 Å². The molecule has 3 aromatic carbocycles. The molecule has 0 aromatic heterocycles. The van der Waals surface area contributed by atoms with Gasteiger partial charge in [-0.2, -0.15) is 0 Å². The largest absolute Gasteiger partial charge is 0.362 e. The molecule has 41 heavy (non-hydrogen) atoms. The van der Waals surface area contributed by atoms with Gasteiger partial charge in [0.05, 0.1) is 10.9 Å². The topological polar surface area (TPSA) is 78.5 Å². The third-order valence-corrected chi connectivity index (χ3v) is 9.22. The number of benzene rings is 3. The first-order valence-electron chi connectivity index (χ1n) is 14.0. The zero-order chi connectivity index (χ0) is 29.4. The molecule has 3 aromatic rings. The van der Waals surface area contributed by atoms with Crippen LogP contribution in [0.3, 0.4) is 0 Å². The molecule has 1 atom stereocenters. The summed E-state index contributed by atoms with van der Waals surface area (Å²) >= 11 is 11.2. The van der Waals surface area contributed by atoms with E-state index in [4.69, 9.17) is 23.8 Å². The van der Waals surface area contributed by atoms with Crippen molar-refractivity contribution >= 4 is 50.9 Å². The fourth-order valence-electron chi connectivity index (χ4n) is 4.82. The number of hydrogen-bond donors (Lipinski definition) is 2. The van der Waals surface area contributed by atoms with Gasteiger partial charge in [-0.25, -0.2) is 8.42 Å². The molecule has 4 rings (SSSR count). The number of sulfonamides is 1. The highest BCUT2D eigenvalue weighted by Crippen LogP contribution is 2.37. The average Bonchev–Trinajstić information content (AvgIpc) is 3.27. The molecule has 0 aliphatic carbocycles. The highest BCUT2D eigenvalue weighted by Gasteiger charge is 2.35. The Bertz CT molecular complexity index is 1490. The van der Waals surface area contributed by atoms with Gasteiger partial charge in [-0.1, -0.05) is 80.4 Å². The molecular formula is C32H36ClN3O3S2. The minimum atomic E-state index is -3.78. The summed E-state index contributed by atoms with van der Waals surface area (Å²) in [5.41, 5.74) is 4.99. The lowest BCUT2D eigenvalue weighted by Crippen LogP contribution is -2.39. The fraction of sp³-hybridized carbons (Fsp3) is 0.312. The Morgan fingerprint density at radius 2 is 1.66 bits per heavy atom. The molecule has 2 N–H and O–H groups in total. The minimum Gasteiger partial charge on any atom is -0.362 e. The van der Waals surface area contributed by atoms with Crippen LogP contribution in [0.2, 0.25) is 5.02 Å². The maximum absolute atomic E-state index is 13.6. The molecule has 1 saturated heterocycles. The second-order valence-electron chi connectivity index (χ2n) is 10.1. The predicted molar refractivity (Wildman–Crippen MR) is 170 cm³/mol. The molecule has 216 valence electrons. The van der Waals surface area contributed by atoms with Crippen molar-refractivity contribution in [2.45, 2.75) is 56.9 Å². The summed E-state index contributed by atoms with van der Waals surface area (Å²) in [6, 6.07) is 22.6. The van der Waals surface area contributed by atoms with Crippen LogP contribution >= 0.6 is 23.8 Å². The van der Waals surface area contributed by atoms with Gasteiger partial charge in [0.2, 0.25) is 5.91 Å². The van der Waals surface area contributed by atoms with E-state index in [0.717, 1.165) is 41.5 Å². The zero-order valence-corrected chi connectivity index (χ0v) is 25.8. The number of rotatable bonds is 11. The number of likely N-dealkylation sites (tertiary alicyclic amines) is 1. The quantitative estimate of drug-likeness (QED) is 0.148. The van der Waals surface area contributed by atoms with Crippen LogP contribution in [0.5, 0.6) is 0 Å². The number of aryl methyl sites for hydroxylation is 1. The van der Waals surface area contributed by atoms with Crippen molar-refractivity contribution in [3.63, 3.8) is 0 Å². The van der Waals surface area contributed by atoms with Crippen LogP contribution < -0.4 is 10.0 Å². The van der Waals surface area contributed by atoms with E-state index in [9.17, 15) is 13.2 Å². The molecule has 6 nitrogen and oxygen atoms in total. The lowest BCUT2D eigenvalue weighted by atomic mass is 9.99. The summed E-state index contributed by atoms with van der Waals surface area (Å²) in [5.74, 6) is 0.0111. The van der Waals surface area contributed by atoms with Crippen LogP contribution in [0.25, 0.3) is 6.08 Å². The maximum atomic E-state index is 13.6. The summed E-state index contributed by atoms with van der Waals surface area (Å²) in [5, 5.41) is 3.66. The van der Waals surface area contributed by atoms with Crippen molar-refractivity contribution in [3.05, 3.63) is 106 Å². The molecule has 1 heterocycles.